The Bertz CT molecular complexity index is 1070. The smallest absolute Gasteiger partial charge is 0.305 e. The summed E-state index contributed by atoms with van der Waals surface area (Å²) in [7, 11) is 0. The van der Waals surface area contributed by atoms with Crippen molar-refractivity contribution in [3.63, 3.8) is 0 Å². The number of hydrogen-bond acceptors (Lipinski definition) is 7. The summed E-state index contributed by atoms with van der Waals surface area (Å²) in [5.74, 6) is -0.379. The Kier molecular flexibility index (Phi) is 10.5. The molecule has 7 nitrogen and oxygen atoms in total. The summed E-state index contributed by atoms with van der Waals surface area (Å²) in [6, 6.07) is 6.02. The number of rotatable bonds is 11. The number of esters is 1. The molecule has 10 heteroatoms. The molecular weight excluding hydrogens is 503 g/mol. The maximum absolute atomic E-state index is 14.8. The van der Waals surface area contributed by atoms with Crippen molar-refractivity contribution in [1.29, 1.82) is 0 Å². The van der Waals surface area contributed by atoms with Crippen LogP contribution in [0.1, 0.15) is 62.7 Å². The first-order valence-electron chi connectivity index (χ1n) is 12.4. The average molecular weight is 537 g/mol. The lowest BCUT2D eigenvalue weighted by Gasteiger charge is -2.37. The van der Waals surface area contributed by atoms with Gasteiger partial charge >= 0.3 is 5.97 Å². The third-order valence-corrected chi connectivity index (χ3v) is 7.19. The summed E-state index contributed by atoms with van der Waals surface area (Å²) in [5.41, 5.74) is 2.36. The normalized spacial score (nSPS) is 20.1. The number of nitrogens with zero attached hydrogens (tertiary/aromatic N) is 4. The number of Topliss-reactive ketones (excluding diaryl/α,β-unsaturated/α-hetero) is 1. The van der Waals surface area contributed by atoms with Crippen LogP contribution in [0, 0.1) is 11.7 Å². The maximum atomic E-state index is 14.8. The van der Waals surface area contributed by atoms with Crippen molar-refractivity contribution >= 4 is 42.9 Å². The number of benzene rings is 1. The molecule has 2 atom stereocenters. The molecule has 1 aromatic carbocycles. The highest BCUT2D eigenvalue weighted by atomic mass is 35.5. The molecule has 1 aliphatic carbocycles. The number of ether oxygens (including phenoxy) is 1. The van der Waals surface area contributed by atoms with Crippen LogP contribution in [0.25, 0.3) is 6.08 Å². The molecule has 36 heavy (non-hydrogen) atoms. The van der Waals surface area contributed by atoms with Gasteiger partial charge in [-0.2, -0.15) is 12.6 Å². The fourth-order valence-electron chi connectivity index (χ4n) is 4.58. The molecule has 0 amide bonds. The Morgan fingerprint density at radius 3 is 2.75 bits per heavy atom. The van der Waals surface area contributed by atoms with Crippen LogP contribution in [-0.4, -0.2) is 56.6 Å². The summed E-state index contributed by atoms with van der Waals surface area (Å²) >= 11 is 4.80. The SMILES string of the molecule is CCOC(=O)CCCCn1nncc1C=C1CN(C(C(=O)C2CC2)c2ccccc2F)CCC1S.Cl. The minimum atomic E-state index is -0.584. The van der Waals surface area contributed by atoms with E-state index in [9.17, 15) is 14.0 Å². The van der Waals surface area contributed by atoms with Gasteiger partial charge in [0.25, 0.3) is 0 Å². The van der Waals surface area contributed by atoms with Crippen molar-refractivity contribution in [2.45, 2.75) is 63.3 Å². The molecule has 0 radical (unpaired) electrons. The summed E-state index contributed by atoms with van der Waals surface area (Å²) in [6.07, 6.45) is 8.16. The second-order valence-electron chi connectivity index (χ2n) is 9.24. The average Bonchev–Trinajstić information content (AvgIpc) is 3.61. The van der Waals surface area contributed by atoms with Gasteiger partial charge in [-0.25, -0.2) is 9.07 Å². The highest BCUT2D eigenvalue weighted by Crippen LogP contribution is 2.39. The van der Waals surface area contributed by atoms with Gasteiger partial charge in [0.15, 0.2) is 5.78 Å². The van der Waals surface area contributed by atoms with Gasteiger partial charge < -0.3 is 4.74 Å². The predicted molar refractivity (Wildman–Crippen MR) is 142 cm³/mol. The number of ketones is 1. The molecule has 0 bridgehead atoms. The first-order valence-corrected chi connectivity index (χ1v) is 12.9. The Balaban J connectivity index is 0.00000361. The Morgan fingerprint density at radius 1 is 1.25 bits per heavy atom. The molecule has 2 aromatic rings. The van der Waals surface area contributed by atoms with Gasteiger partial charge in [0, 0.05) is 42.8 Å². The van der Waals surface area contributed by atoms with Crippen LogP contribution in [0.2, 0.25) is 0 Å². The third kappa shape index (κ3) is 7.17. The fraction of sp³-hybridized carbons (Fsp3) is 0.538. The first-order chi connectivity index (χ1) is 17.0. The Labute approximate surface area is 223 Å². The van der Waals surface area contributed by atoms with Crippen molar-refractivity contribution in [3.8, 4) is 0 Å². The van der Waals surface area contributed by atoms with E-state index in [2.05, 4.69) is 15.2 Å². The monoisotopic (exact) mass is 536 g/mol. The van der Waals surface area contributed by atoms with Crippen LogP contribution in [0.4, 0.5) is 4.39 Å². The van der Waals surface area contributed by atoms with Gasteiger partial charge in [0.1, 0.15) is 5.82 Å². The molecule has 1 aromatic heterocycles. The number of carbonyl (C=O) groups excluding carboxylic acids is 2. The molecule has 1 aliphatic heterocycles. The molecule has 1 saturated heterocycles. The molecule has 2 aliphatic rings. The van der Waals surface area contributed by atoms with Gasteiger partial charge in [-0.15, -0.1) is 17.5 Å². The number of piperidine rings is 1. The van der Waals surface area contributed by atoms with E-state index in [1.165, 1.54) is 6.07 Å². The topological polar surface area (TPSA) is 77.3 Å². The molecule has 1 saturated carbocycles. The second kappa shape index (κ2) is 13.4. The molecule has 0 spiro atoms. The highest BCUT2D eigenvalue weighted by Gasteiger charge is 2.40. The van der Waals surface area contributed by atoms with Gasteiger partial charge in [-0.05, 0) is 56.7 Å². The number of thiol groups is 1. The number of hydrogen-bond donors (Lipinski definition) is 1. The van der Waals surface area contributed by atoms with E-state index in [-0.39, 0.29) is 41.1 Å². The molecule has 2 fully saturated rings. The van der Waals surface area contributed by atoms with Crippen LogP contribution in [0.3, 0.4) is 0 Å². The third-order valence-electron chi connectivity index (χ3n) is 6.60. The minimum Gasteiger partial charge on any atom is -0.466 e. The van der Waals surface area contributed by atoms with Gasteiger partial charge in [-0.1, -0.05) is 23.4 Å². The molecule has 2 heterocycles. The minimum absolute atomic E-state index is 0. The molecule has 2 unspecified atom stereocenters. The van der Waals surface area contributed by atoms with E-state index in [0.717, 1.165) is 37.0 Å². The zero-order valence-electron chi connectivity index (χ0n) is 20.5. The van der Waals surface area contributed by atoms with Crippen molar-refractivity contribution in [2.24, 2.45) is 5.92 Å². The fourth-order valence-corrected chi connectivity index (χ4v) is 4.85. The summed E-state index contributed by atoms with van der Waals surface area (Å²) < 4.78 is 21.5. The lowest BCUT2D eigenvalue weighted by Crippen LogP contribution is -2.42. The standard InChI is InChI=1S/C26H33FN4O3S.ClH/c1-2-34-24(32)9-5-6-13-31-20(16-28-29-31)15-19-17-30(14-12-23(19)35)25(26(33)18-10-11-18)21-7-3-4-8-22(21)27;/h3-4,7-8,15-16,18,23,25,35H,2,5-6,9-14,17H2,1H3;1H. The van der Waals surface area contributed by atoms with Crippen molar-refractivity contribution < 1.29 is 18.7 Å². The number of halogens is 2. The highest BCUT2D eigenvalue weighted by molar-refractivity contribution is 7.81. The summed E-state index contributed by atoms with van der Waals surface area (Å²) in [4.78, 5) is 26.9. The van der Waals surface area contributed by atoms with Crippen molar-refractivity contribution in [3.05, 3.63) is 53.1 Å². The number of likely N-dealkylation sites (tertiary alicyclic amines) is 1. The van der Waals surface area contributed by atoms with Gasteiger partial charge in [0.05, 0.1) is 24.5 Å². The second-order valence-corrected chi connectivity index (χ2v) is 9.86. The maximum Gasteiger partial charge on any atom is 0.305 e. The van der Waals surface area contributed by atoms with E-state index < -0.39 is 6.04 Å². The van der Waals surface area contributed by atoms with E-state index in [1.807, 2.05) is 10.8 Å². The number of aromatic nitrogens is 3. The number of aryl methyl sites for hydroxylation is 1. The van der Waals surface area contributed by atoms with Crippen molar-refractivity contribution in [1.82, 2.24) is 19.9 Å². The summed E-state index contributed by atoms with van der Waals surface area (Å²) in [6.45, 7) is 4.03. The van der Waals surface area contributed by atoms with Crippen LogP contribution in [-0.2, 0) is 20.9 Å². The van der Waals surface area contributed by atoms with Gasteiger partial charge in [0.2, 0.25) is 0 Å². The van der Waals surface area contributed by atoms with E-state index in [1.54, 1.807) is 31.3 Å². The zero-order valence-corrected chi connectivity index (χ0v) is 22.2. The number of unbranched alkanes of at least 4 members (excludes halogenated alkanes) is 1. The van der Waals surface area contributed by atoms with E-state index >= 15 is 0 Å². The number of carbonyl (C=O) groups is 2. The molecule has 196 valence electrons. The molecule has 0 N–H and O–H groups in total. The Morgan fingerprint density at radius 2 is 2.03 bits per heavy atom. The van der Waals surface area contributed by atoms with Crippen LogP contribution < -0.4 is 0 Å². The van der Waals surface area contributed by atoms with Crippen LogP contribution in [0.15, 0.2) is 36.0 Å². The van der Waals surface area contributed by atoms with E-state index in [0.29, 0.717) is 44.6 Å². The zero-order chi connectivity index (χ0) is 24.8. The largest absolute Gasteiger partial charge is 0.466 e. The summed E-state index contributed by atoms with van der Waals surface area (Å²) in [5, 5.41) is 8.30. The van der Waals surface area contributed by atoms with E-state index in [4.69, 9.17) is 17.4 Å². The van der Waals surface area contributed by atoms with Gasteiger partial charge in [-0.3, -0.25) is 14.5 Å². The lowest BCUT2D eigenvalue weighted by molar-refractivity contribution is -0.143. The van der Waals surface area contributed by atoms with Crippen LogP contribution >= 0.6 is 25.0 Å². The predicted octanol–water partition coefficient (Wildman–Crippen LogP) is 4.68. The van der Waals surface area contributed by atoms with Crippen molar-refractivity contribution in [2.75, 3.05) is 19.7 Å². The first kappa shape index (κ1) is 28.3. The lowest BCUT2D eigenvalue weighted by atomic mass is 9.93. The van der Waals surface area contributed by atoms with Crippen LogP contribution in [0.5, 0.6) is 0 Å². The molecular formula is C26H34ClFN4O3S. The quantitative estimate of drug-likeness (QED) is 0.255. The Hall–Kier alpha value is -2.23. The molecule has 4 rings (SSSR count).